The monoisotopic (exact) mass is 237 g/mol. The third kappa shape index (κ3) is 3.42. The van der Waals surface area contributed by atoms with Crippen molar-refractivity contribution >= 4 is 11.8 Å². The van der Waals surface area contributed by atoms with Crippen LogP contribution >= 0.6 is 0 Å². The molecular formula is C12H19N3O2. The highest BCUT2D eigenvalue weighted by Gasteiger charge is 2.19. The molecule has 0 radical (unpaired) electrons. The summed E-state index contributed by atoms with van der Waals surface area (Å²) in [5.74, 6) is 0.523. The second-order valence-electron chi connectivity index (χ2n) is 4.02. The smallest absolute Gasteiger partial charge is 0.306 e. The summed E-state index contributed by atoms with van der Waals surface area (Å²) in [7, 11) is 5.21. The standard InChI is InChI=1S/C12H19N3O2/c1-15(2)12-10(5-4-6-14-12)9(8-13)7-11(16)17-3/h4-6,9H,7-8,13H2,1-3H3. The van der Waals surface area contributed by atoms with Crippen molar-refractivity contribution in [2.45, 2.75) is 12.3 Å². The first kappa shape index (κ1) is 13.4. The first-order valence-electron chi connectivity index (χ1n) is 5.49. The molecule has 94 valence electrons. The fraction of sp³-hybridized carbons (Fsp3) is 0.500. The summed E-state index contributed by atoms with van der Waals surface area (Å²) >= 11 is 0. The van der Waals surface area contributed by atoms with E-state index in [1.54, 1.807) is 6.20 Å². The lowest BCUT2D eigenvalue weighted by atomic mass is 9.96. The molecule has 1 atom stereocenters. The van der Waals surface area contributed by atoms with Crippen molar-refractivity contribution in [3.63, 3.8) is 0 Å². The molecule has 0 bridgehead atoms. The Labute approximate surface area is 102 Å². The van der Waals surface area contributed by atoms with Crippen LogP contribution in [-0.2, 0) is 9.53 Å². The van der Waals surface area contributed by atoms with Crippen molar-refractivity contribution in [3.05, 3.63) is 23.9 Å². The number of pyridine rings is 1. The van der Waals surface area contributed by atoms with Gasteiger partial charge in [0, 0.05) is 26.2 Å². The zero-order valence-electron chi connectivity index (χ0n) is 10.5. The van der Waals surface area contributed by atoms with E-state index < -0.39 is 0 Å². The largest absolute Gasteiger partial charge is 0.469 e. The Morgan fingerprint density at radius 2 is 2.29 bits per heavy atom. The maximum absolute atomic E-state index is 11.3. The van der Waals surface area contributed by atoms with Gasteiger partial charge in [-0.25, -0.2) is 4.98 Å². The van der Waals surface area contributed by atoms with Gasteiger partial charge in [-0.05, 0) is 18.2 Å². The lowest BCUT2D eigenvalue weighted by Gasteiger charge is -2.21. The van der Waals surface area contributed by atoms with Crippen LogP contribution in [0, 0.1) is 0 Å². The van der Waals surface area contributed by atoms with E-state index in [0.29, 0.717) is 6.54 Å². The Kier molecular flexibility index (Phi) is 4.90. The highest BCUT2D eigenvalue weighted by atomic mass is 16.5. The third-order valence-corrected chi connectivity index (χ3v) is 2.61. The van der Waals surface area contributed by atoms with E-state index >= 15 is 0 Å². The molecule has 0 aromatic carbocycles. The van der Waals surface area contributed by atoms with Gasteiger partial charge < -0.3 is 15.4 Å². The minimum atomic E-state index is -0.256. The third-order valence-electron chi connectivity index (χ3n) is 2.61. The molecule has 0 aliphatic rings. The Balaban J connectivity index is 2.98. The Bertz CT molecular complexity index is 380. The minimum absolute atomic E-state index is 0.0615. The lowest BCUT2D eigenvalue weighted by Crippen LogP contribution is -2.21. The maximum Gasteiger partial charge on any atom is 0.306 e. The lowest BCUT2D eigenvalue weighted by molar-refractivity contribution is -0.141. The summed E-state index contributed by atoms with van der Waals surface area (Å²) in [6.07, 6.45) is 2.00. The van der Waals surface area contributed by atoms with Gasteiger partial charge in [-0.3, -0.25) is 4.79 Å². The maximum atomic E-state index is 11.3. The molecule has 1 aromatic heterocycles. The number of hydrogen-bond donors (Lipinski definition) is 1. The second-order valence-corrected chi connectivity index (χ2v) is 4.02. The molecule has 1 unspecified atom stereocenters. The predicted octanol–water partition coefficient (Wildman–Crippen LogP) is 0.753. The van der Waals surface area contributed by atoms with Gasteiger partial charge in [0.2, 0.25) is 0 Å². The number of nitrogens with zero attached hydrogens (tertiary/aromatic N) is 2. The Morgan fingerprint density at radius 3 is 2.82 bits per heavy atom. The average Bonchev–Trinajstić information content (AvgIpc) is 2.35. The van der Waals surface area contributed by atoms with Gasteiger partial charge in [0.05, 0.1) is 13.5 Å². The number of ether oxygens (including phenoxy) is 1. The van der Waals surface area contributed by atoms with E-state index in [1.807, 2.05) is 31.1 Å². The molecule has 0 fully saturated rings. The van der Waals surface area contributed by atoms with Crippen LogP contribution in [0.25, 0.3) is 0 Å². The Morgan fingerprint density at radius 1 is 1.59 bits per heavy atom. The summed E-state index contributed by atoms with van der Waals surface area (Å²) in [6.45, 7) is 0.391. The number of methoxy groups -OCH3 is 1. The highest BCUT2D eigenvalue weighted by molar-refractivity contribution is 5.71. The van der Waals surface area contributed by atoms with Crippen LogP contribution in [-0.4, -0.2) is 38.7 Å². The summed E-state index contributed by atoms with van der Waals surface area (Å²) < 4.78 is 4.68. The summed E-state index contributed by atoms with van der Waals surface area (Å²) in [6, 6.07) is 3.80. The van der Waals surface area contributed by atoms with Crippen molar-refractivity contribution in [1.29, 1.82) is 0 Å². The topological polar surface area (TPSA) is 68.5 Å². The summed E-state index contributed by atoms with van der Waals surface area (Å²) in [5.41, 5.74) is 6.70. The zero-order valence-corrected chi connectivity index (χ0v) is 10.5. The fourth-order valence-corrected chi connectivity index (χ4v) is 1.71. The van der Waals surface area contributed by atoms with Gasteiger partial charge in [0.15, 0.2) is 0 Å². The molecule has 2 N–H and O–H groups in total. The first-order valence-corrected chi connectivity index (χ1v) is 5.49. The summed E-state index contributed by atoms with van der Waals surface area (Å²) in [4.78, 5) is 17.5. The van der Waals surface area contributed by atoms with E-state index in [1.165, 1.54) is 7.11 Å². The van der Waals surface area contributed by atoms with E-state index in [0.717, 1.165) is 11.4 Å². The van der Waals surface area contributed by atoms with E-state index in [2.05, 4.69) is 9.72 Å². The normalized spacial score (nSPS) is 12.0. The molecule has 0 saturated carbocycles. The number of nitrogens with two attached hydrogens (primary N) is 1. The second kappa shape index (κ2) is 6.20. The number of carbonyl (C=O) groups excluding carboxylic acids is 1. The Hall–Kier alpha value is -1.62. The number of esters is 1. The predicted molar refractivity (Wildman–Crippen MR) is 67.0 cm³/mol. The van der Waals surface area contributed by atoms with Gasteiger partial charge in [0.1, 0.15) is 5.82 Å². The van der Waals surface area contributed by atoms with E-state index in [4.69, 9.17) is 5.73 Å². The van der Waals surface area contributed by atoms with Crippen molar-refractivity contribution in [2.24, 2.45) is 5.73 Å². The molecule has 0 aliphatic heterocycles. The molecule has 5 nitrogen and oxygen atoms in total. The molecule has 0 spiro atoms. The van der Waals surface area contributed by atoms with Crippen LogP contribution < -0.4 is 10.6 Å². The van der Waals surface area contributed by atoms with Crippen LogP contribution in [0.4, 0.5) is 5.82 Å². The number of carbonyl (C=O) groups is 1. The minimum Gasteiger partial charge on any atom is -0.469 e. The molecule has 5 heteroatoms. The van der Waals surface area contributed by atoms with E-state index in [-0.39, 0.29) is 18.3 Å². The van der Waals surface area contributed by atoms with Crippen LogP contribution in [0.15, 0.2) is 18.3 Å². The van der Waals surface area contributed by atoms with Gasteiger partial charge in [-0.2, -0.15) is 0 Å². The molecule has 1 aromatic rings. The first-order chi connectivity index (χ1) is 8.10. The van der Waals surface area contributed by atoms with Gasteiger partial charge in [-0.15, -0.1) is 0 Å². The van der Waals surface area contributed by atoms with Crippen LogP contribution in [0.5, 0.6) is 0 Å². The van der Waals surface area contributed by atoms with Gasteiger partial charge >= 0.3 is 5.97 Å². The SMILES string of the molecule is COC(=O)CC(CN)c1cccnc1N(C)C. The summed E-state index contributed by atoms with van der Waals surface area (Å²) in [5, 5.41) is 0. The highest BCUT2D eigenvalue weighted by Crippen LogP contribution is 2.26. The zero-order chi connectivity index (χ0) is 12.8. The fourth-order valence-electron chi connectivity index (χ4n) is 1.71. The van der Waals surface area contributed by atoms with Crippen molar-refractivity contribution in [2.75, 3.05) is 32.6 Å². The van der Waals surface area contributed by atoms with Gasteiger partial charge in [-0.1, -0.05) is 6.07 Å². The van der Waals surface area contributed by atoms with Crippen LogP contribution in [0.2, 0.25) is 0 Å². The van der Waals surface area contributed by atoms with Crippen molar-refractivity contribution in [1.82, 2.24) is 4.98 Å². The van der Waals surface area contributed by atoms with Crippen LogP contribution in [0.1, 0.15) is 17.9 Å². The number of aromatic nitrogens is 1. The molecule has 0 saturated heterocycles. The molecular weight excluding hydrogens is 218 g/mol. The molecule has 1 heterocycles. The molecule has 0 aliphatic carbocycles. The number of rotatable bonds is 5. The van der Waals surface area contributed by atoms with Crippen molar-refractivity contribution < 1.29 is 9.53 Å². The molecule has 1 rings (SSSR count). The number of anilines is 1. The quantitative estimate of drug-likeness (QED) is 0.765. The molecule has 17 heavy (non-hydrogen) atoms. The van der Waals surface area contributed by atoms with Gasteiger partial charge in [0.25, 0.3) is 0 Å². The average molecular weight is 237 g/mol. The van der Waals surface area contributed by atoms with E-state index in [9.17, 15) is 4.79 Å². The van der Waals surface area contributed by atoms with Crippen molar-refractivity contribution in [3.8, 4) is 0 Å². The van der Waals surface area contributed by atoms with Crippen LogP contribution in [0.3, 0.4) is 0 Å². The molecule has 0 amide bonds. The number of hydrogen-bond acceptors (Lipinski definition) is 5.